The fourth-order valence-corrected chi connectivity index (χ4v) is 3.59. The Morgan fingerprint density at radius 1 is 1.41 bits per heavy atom. The number of nitrogens with zero attached hydrogens (tertiary/aromatic N) is 1. The summed E-state index contributed by atoms with van der Waals surface area (Å²) >= 11 is 0. The number of carbonyl (C=O) groups excluding carboxylic acids is 1. The summed E-state index contributed by atoms with van der Waals surface area (Å²) in [4.78, 5) is 13.7. The summed E-state index contributed by atoms with van der Waals surface area (Å²) in [5, 5.41) is -0.453. The third kappa shape index (κ3) is 3.28. The van der Waals surface area contributed by atoms with Crippen molar-refractivity contribution < 1.29 is 13.7 Å². The molecule has 0 unspecified atom stereocenters. The Kier molecular flexibility index (Phi) is 5.13. The fourth-order valence-electron chi connectivity index (χ4n) is 1.92. The van der Waals surface area contributed by atoms with E-state index >= 15 is 0 Å². The van der Waals surface area contributed by atoms with Gasteiger partial charge < -0.3 is 9.64 Å². The molecule has 1 aliphatic heterocycles. The van der Waals surface area contributed by atoms with Crippen LogP contribution >= 0.6 is 0 Å². The van der Waals surface area contributed by atoms with Gasteiger partial charge in [0.05, 0.1) is 11.4 Å². The molecule has 0 saturated carbocycles. The summed E-state index contributed by atoms with van der Waals surface area (Å²) in [7, 11) is 0.606. The molecule has 4 nitrogen and oxygen atoms in total. The topological polar surface area (TPSA) is 46.6 Å². The Morgan fingerprint density at radius 2 is 2.00 bits per heavy atom. The largest absolute Gasteiger partial charge is 0.377 e. The van der Waals surface area contributed by atoms with Crippen LogP contribution in [0.15, 0.2) is 0 Å². The van der Waals surface area contributed by atoms with Crippen molar-refractivity contribution in [1.82, 2.24) is 4.90 Å². The van der Waals surface area contributed by atoms with Crippen molar-refractivity contribution in [3.8, 4) is 0 Å². The zero-order valence-corrected chi connectivity index (χ0v) is 12.1. The monoisotopic (exact) mass is 261 g/mol. The first kappa shape index (κ1) is 14.6. The molecule has 0 radical (unpaired) electrons. The lowest BCUT2D eigenvalue weighted by atomic mass is 10.2. The highest BCUT2D eigenvalue weighted by Gasteiger charge is 2.35. The molecule has 0 spiro atoms. The van der Waals surface area contributed by atoms with Crippen molar-refractivity contribution in [3.63, 3.8) is 0 Å². The van der Waals surface area contributed by atoms with E-state index in [2.05, 4.69) is 0 Å². The van der Waals surface area contributed by atoms with Gasteiger partial charge in [-0.25, -0.2) is 0 Å². The van der Waals surface area contributed by atoms with E-state index < -0.39 is 16.0 Å². The van der Waals surface area contributed by atoms with Crippen LogP contribution in [0.2, 0.25) is 0 Å². The van der Waals surface area contributed by atoms with Crippen molar-refractivity contribution in [1.29, 1.82) is 0 Å². The van der Waals surface area contributed by atoms with E-state index in [9.17, 15) is 9.00 Å². The first-order chi connectivity index (χ1) is 7.86. The lowest BCUT2D eigenvalue weighted by Crippen LogP contribution is -2.44. The van der Waals surface area contributed by atoms with E-state index in [0.717, 1.165) is 6.42 Å². The van der Waals surface area contributed by atoms with E-state index in [0.29, 0.717) is 6.61 Å². The minimum Gasteiger partial charge on any atom is -0.377 e. The molecule has 1 fully saturated rings. The fraction of sp³-hybridized carbons (Fsp3) is 0.917. The van der Waals surface area contributed by atoms with Gasteiger partial charge in [-0.05, 0) is 34.1 Å². The molecule has 1 amide bonds. The van der Waals surface area contributed by atoms with E-state index in [1.807, 2.05) is 20.8 Å². The smallest absolute Gasteiger partial charge is 0.238 e. The SMILES string of the molecule is CC(C)N(C)C(=O)[C@@H](C)[S@@](=O)[C@H]1CCO[C@H]1C. The Bertz CT molecular complexity index is 306. The quantitative estimate of drug-likeness (QED) is 0.763. The predicted molar refractivity (Wildman–Crippen MR) is 69.3 cm³/mol. The van der Waals surface area contributed by atoms with Crippen LogP contribution in [-0.4, -0.2) is 51.3 Å². The van der Waals surface area contributed by atoms with Crippen LogP contribution in [0.1, 0.15) is 34.1 Å². The molecule has 1 aliphatic rings. The maximum atomic E-state index is 12.3. The molecule has 5 heteroatoms. The predicted octanol–water partition coefficient (Wildman–Crippen LogP) is 1.17. The average molecular weight is 261 g/mol. The zero-order chi connectivity index (χ0) is 13.2. The van der Waals surface area contributed by atoms with Crippen LogP contribution in [0, 0.1) is 0 Å². The highest BCUT2D eigenvalue weighted by molar-refractivity contribution is 7.87. The van der Waals surface area contributed by atoms with Crippen molar-refractivity contribution in [2.24, 2.45) is 0 Å². The lowest BCUT2D eigenvalue weighted by molar-refractivity contribution is -0.130. The second-order valence-electron chi connectivity index (χ2n) is 4.92. The third-order valence-electron chi connectivity index (χ3n) is 3.42. The molecule has 0 aromatic rings. The van der Waals surface area contributed by atoms with Gasteiger partial charge in [0.1, 0.15) is 5.25 Å². The minimum absolute atomic E-state index is 0.00422. The van der Waals surface area contributed by atoms with Gasteiger partial charge in [-0.1, -0.05) is 0 Å². The number of rotatable bonds is 4. The number of carbonyl (C=O) groups is 1. The molecule has 0 aliphatic carbocycles. The van der Waals surface area contributed by atoms with Gasteiger partial charge in [-0.2, -0.15) is 0 Å². The first-order valence-electron chi connectivity index (χ1n) is 6.14. The Balaban J connectivity index is 2.66. The first-order valence-corrected chi connectivity index (χ1v) is 7.41. The highest BCUT2D eigenvalue weighted by atomic mass is 32.2. The third-order valence-corrected chi connectivity index (χ3v) is 5.54. The van der Waals surface area contributed by atoms with E-state index in [1.165, 1.54) is 0 Å². The molecule has 1 heterocycles. The number of amides is 1. The van der Waals surface area contributed by atoms with Crippen LogP contribution in [-0.2, 0) is 20.3 Å². The van der Waals surface area contributed by atoms with Gasteiger partial charge in [0, 0.05) is 30.5 Å². The standard InChI is InChI=1S/C12H23NO3S/c1-8(2)13(5)12(14)10(4)17(15)11-6-7-16-9(11)3/h8-11H,6-7H2,1-5H3/t9-,10+,11-,17+/m0/s1. The van der Waals surface area contributed by atoms with Gasteiger partial charge in [0.15, 0.2) is 0 Å². The minimum atomic E-state index is -1.15. The highest BCUT2D eigenvalue weighted by Crippen LogP contribution is 2.22. The van der Waals surface area contributed by atoms with Crippen LogP contribution in [0.4, 0.5) is 0 Å². The van der Waals surface area contributed by atoms with Crippen LogP contribution < -0.4 is 0 Å². The maximum Gasteiger partial charge on any atom is 0.238 e. The summed E-state index contributed by atoms with van der Waals surface area (Å²) in [5.74, 6) is -0.0440. The summed E-state index contributed by atoms with van der Waals surface area (Å²) < 4.78 is 17.7. The maximum absolute atomic E-state index is 12.3. The van der Waals surface area contributed by atoms with Gasteiger partial charge in [-0.3, -0.25) is 9.00 Å². The second-order valence-corrected chi connectivity index (χ2v) is 6.89. The summed E-state index contributed by atoms with van der Waals surface area (Å²) in [6.45, 7) is 8.24. The molecule has 1 saturated heterocycles. The van der Waals surface area contributed by atoms with Crippen LogP contribution in [0.3, 0.4) is 0 Å². The molecule has 17 heavy (non-hydrogen) atoms. The Labute approximate surface area is 106 Å². The molecule has 1 rings (SSSR count). The molecule has 0 N–H and O–H groups in total. The molecule has 4 atom stereocenters. The average Bonchev–Trinajstić information content (AvgIpc) is 2.71. The lowest BCUT2D eigenvalue weighted by Gasteiger charge is -2.26. The van der Waals surface area contributed by atoms with E-state index in [1.54, 1.807) is 18.9 Å². The number of ether oxygens (including phenoxy) is 1. The van der Waals surface area contributed by atoms with Gasteiger partial charge in [-0.15, -0.1) is 0 Å². The summed E-state index contributed by atoms with van der Waals surface area (Å²) in [6, 6.07) is 0.138. The molecule has 0 bridgehead atoms. The van der Waals surface area contributed by atoms with Crippen LogP contribution in [0.25, 0.3) is 0 Å². The molecule has 0 aromatic carbocycles. The second kappa shape index (κ2) is 5.96. The molecule has 100 valence electrons. The molecular weight excluding hydrogens is 238 g/mol. The Hall–Kier alpha value is -0.420. The zero-order valence-electron chi connectivity index (χ0n) is 11.3. The van der Waals surface area contributed by atoms with E-state index in [4.69, 9.17) is 4.74 Å². The number of hydrogen-bond acceptors (Lipinski definition) is 3. The molecular formula is C12H23NO3S. The van der Waals surface area contributed by atoms with Gasteiger partial charge in [0.2, 0.25) is 5.91 Å². The van der Waals surface area contributed by atoms with Crippen molar-refractivity contribution >= 4 is 16.7 Å². The van der Waals surface area contributed by atoms with Crippen molar-refractivity contribution in [2.45, 2.75) is 56.8 Å². The number of hydrogen-bond donors (Lipinski definition) is 0. The van der Waals surface area contributed by atoms with Crippen LogP contribution in [0.5, 0.6) is 0 Å². The molecule has 0 aromatic heterocycles. The Morgan fingerprint density at radius 3 is 2.41 bits per heavy atom. The van der Waals surface area contributed by atoms with Crippen molar-refractivity contribution in [3.05, 3.63) is 0 Å². The van der Waals surface area contributed by atoms with Gasteiger partial charge >= 0.3 is 0 Å². The van der Waals surface area contributed by atoms with Gasteiger partial charge in [0.25, 0.3) is 0 Å². The summed E-state index contributed by atoms with van der Waals surface area (Å²) in [5.41, 5.74) is 0. The normalized spacial score (nSPS) is 28.1. The van der Waals surface area contributed by atoms with Crippen molar-refractivity contribution in [2.75, 3.05) is 13.7 Å². The summed E-state index contributed by atoms with van der Waals surface area (Å²) in [6.07, 6.45) is 0.784. The van der Waals surface area contributed by atoms with E-state index in [-0.39, 0.29) is 23.3 Å².